The molecule has 1 aromatic rings. The third-order valence-corrected chi connectivity index (χ3v) is 3.94. The van der Waals surface area contributed by atoms with E-state index in [0.29, 0.717) is 0 Å². The lowest BCUT2D eigenvalue weighted by Crippen LogP contribution is -2.46. The van der Waals surface area contributed by atoms with Crippen LogP contribution in [0, 0.1) is 6.57 Å². The number of benzene rings is 1. The minimum Gasteiger partial charge on any atom is -0.298 e. The van der Waals surface area contributed by atoms with Crippen molar-refractivity contribution in [1.82, 2.24) is 9.80 Å². The molecule has 3 rings (SSSR count). The molecule has 2 fully saturated rings. The maximum Gasteiger partial charge on any atom is 0.187 e. The van der Waals surface area contributed by atoms with Gasteiger partial charge < -0.3 is 0 Å². The molecular weight excluding hydrogens is 222 g/mol. The number of nitrogens with zero attached hydrogens (tertiary/aromatic N) is 3. The van der Waals surface area contributed by atoms with Crippen LogP contribution in [0.3, 0.4) is 0 Å². The van der Waals surface area contributed by atoms with Crippen LogP contribution in [0.15, 0.2) is 24.3 Å². The fourth-order valence-corrected chi connectivity index (χ4v) is 2.66. The molecule has 1 heterocycles. The molecule has 0 unspecified atom stereocenters. The Labute approximate surface area is 109 Å². The first-order valence-corrected chi connectivity index (χ1v) is 6.78. The molecule has 0 N–H and O–H groups in total. The van der Waals surface area contributed by atoms with Crippen molar-refractivity contribution in [3.63, 3.8) is 0 Å². The van der Waals surface area contributed by atoms with Gasteiger partial charge in [-0.1, -0.05) is 24.3 Å². The lowest BCUT2D eigenvalue weighted by Gasteiger charge is -2.34. The van der Waals surface area contributed by atoms with Crippen LogP contribution in [-0.2, 0) is 6.54 Å². The normalized spacial score (nSPS) is 21.7. The molecule has 1 aromatic carbocycles. The van der Waals surface area contributed by atoms with Gasteiger partial charge in [-0.2, -0.15) is 0 Å². The van der Waals surface area contributed by atoms with E-state index in [1.807, 2.05) is 12.1 Å². The summed E-state index contributed by atoms with van der Waals surface area (Å²) in [6.45, 7) is 12.8. The second kappa shape index (κ2) is 5.09. The van der Waals surface area contributed by atoms with Gasteiger partial charge in [0.1, 0.15) is 0 Å². The predicted octanol–water partition coefficient (Wildman–Crippen LogP) is 2.52. The highest BCUT2D eigenvalue weighted by atomic mass is 15.3. The molecule has 1 aliphatic heterocycles. The second-order valence-corrected chi connectivity index (χ2v) is 5.32. The van der Waals surface area contributed by atoms with Crippen LogP contribution in [0.5, 0.6) is 0 Å². The van der Waals surface area contributed by atoms with Crippen LogP contribution in [0.4, 0.5) is 5.69 Å². The summed E-state index contributed by atoms with van der Waals surface area (Å²) in [5, 5.41) is 0. The zero-order valence-electron chi connectivity index (χ0n) is 10.7. The van der Waals surface area contributed by atoms with Gasteiger partial charge in [-0.15, -0.1) is 0 Å². The smallest absolute Gasteiger partial charge is 0.187 e. The first kappa shape index (κ1) is 11.7. The van der Waals surface area contributed by atoms with E-state index in [9.17, 15) is 0 Å². The molecule has 0 bridgehead atoms. The third-order valence-electron chi connectivity index (χ3n) is 3.94. The predicted molar refractivity (Wildman–Crippen MR) is 72.6 cm³/mol. The molecule has 1 saturated heterocycles. The first-order chi connectivity index (χ1) is 8.85. The Balaban J connectivity index is 1.52. The van der Waals surface area contributed by atoms with Gasteiger partial charge in [0.25, 0.3) is 0 Å². The number of piperazine rings is 1. The summed E-state index contributed by atoms with van der Waals surface area (Å²) in [7, 11) is 0. The lowest BCUT2D eigenvalue weighted by molar-refractivity contribution is 0.121. The van der Waals surface area contributed by atoms with Gasteiger partial charge >= 0.3 is 0 Å². The summed E-state index contributed by atoms with van der Waals surface area (Å²) >= 11 is 0. The van der Waals surface area contributed by atoms with Gasteiger partial charge in [-0.25, -0.2) is 4.85 Å². The minimum absolute atomic E-state index is 0.734. The van der Waals surface area contributed by atoms with Crippen molar-refractivity contribution >= 4 is 5.69 Å². The van der Waals surface area contributed by atoms with E-state index >= 15 is 0 Å². The Morgan fingerprint density at radius 1 is 1.06 bits per heavy atom. The molecule has 1 aliphatic carbocycles. The molecule has 0 aromatic heterocycles. The molecule has 3 nitrogen and oxygen atoms in total. The lowest BCUT2D eigenvalue weighted by atomic mass is 10.2. The largest absolute Gasteiger partial charge is 0.298 e. The molecule has 0 amide bonds. The van der Waals surface area contributed by atoms with Crippen molar-refractivity contribution in [2.24, 2.45) is 0 Å². The minimum atomic E-state index is 0.734. The van der Waals surface area contributed by atoms with Gasteiger partial charge in [0.05, 0.1) is 6.57 Å². The topological polar surface area (TPSA) is 10.8 Å². The summed E-state index contributed by atoms with van der Waals surface area (Å²) in [6.07, 6.45) is 2.83. The van der Waals surface area contributed by atoms with Crippen LogP contribution in [0.25, 0.3) is 4.85 Å². The van der Waals surface area contributed by atoms with E-state index in [1.165, 1.54) is 44.6 Å². The number of rotatable bonds is 3. The van der Waals surface area contributed by atoms with Gasteiger partial charge in [0.15, 0.2) is 5.69 Å². The number of hydrogen-bond donors (Lipinski definition) is 0. The van der Waals surface area contributed by atoms with E-state index in [4.69, 9.17) is 6.57 Å². The highest BCUT2D eigenvalue weighted by molar-refractivity contribution is 5.45. The first-order valence-electron chi connectivity index (χ1n) is 6.78. The van der Waals surface area contributed by atoms with Gasteiger partial charge in [-0.05, 0) is 18.4 Å². The van der Waals surface area contributed by atoms with Crippen molar-refractivity contribution in [2.45, 2.75) is 25.4 Å². The zero-order chi connectivity index (χ0) is 12.4. The summed E-state index contributed by atoms with van der Waals surface area (Å²) in [5.74, 6) is 0. The molecule has 2 aliphatic rings. The van der Waals surface area contributed by atoms with Crippen LogP contribution in [-0.4, -0.2) is 42.0 Å². The summed E-state index contributed by atoms with van der Waals surface area (Å²) in [6, 6.07) is 8.91. The van der Waals surface area contributed by atoms with Crippen LogP contribution in [0.2, 0.25) is 0 Å². The van der Waals surface area contributed by atoms with Crippen molar-refractivity contribution in [3.05, 3.63) is 41.2 Å². The molecule has 0 radical (unpaired) electrons. The van der Waals surface area contributed by atoms with Crippen LogP contribution >= 0.6 is 0 Å². The van der Waals surface area contributed by atoms with Crippen LogP contribution < -0.4 is 0 Å². The average Bonchev–Trinajstić information content (AvgIpc) is 3.25. The van der Waals surface area contributed by atoms with Crippen molar-refractivity contribution in [1.29, 1.82) is 0 Å². The van der Waals surface area contributed by atoms with E-state index < -0.39 is 0 Å². The Hall–Kier alpha value is -1.37. The van der Waals surface area contributed by atoms with E-state index in [1.54, 1.807) is 0 Å². The van der Waals surface area contributed by atoms with Gasteiger partial charge in [-0.3, -0.25) is 9.80 Å². The highest BCUT2D eigenvalue weighted by Crippen LogP contribution is 2.27. The molecule has 0 atom stereocenters. The molecule has 1 saturated carbocycles. The summed E-state index contributed by atoms with van der Waals surface area (Å²) < 4.78 is 0. The maximum atomic E-state index is 6.94. The second-order valence-electron chi connectivity index (χ2n) is 5.32. The Kier molecular flexibility index (Phi) is 3.31. The fourth-order valence-electron chi connectivity index (χ4n) is 2.66. The van der Waals surface area contributed by atoms with Crippen molar-refractivity contribution in [2.75, 3.05) is 26.2 Å². The molecule has 3 heteroatoms. The quantitative estimate of drug-likeness (QED) is 0.753. The highest BCUT2D eigenvalue weighted by Gasteiger charge is 2.30. The Morgan fingerprint density at radius 2 is 1.72 bits per heavy atom. The molecular formula is C15H19N3. The third kappa shape index (κ3) is 2.72. The standard InChI is InChI=1S/C15H19N3/c1-16-14-4-2-13(3-5-14)12-17-8-10-18(11-9-17)15-6-7-15/h2-5,15H,6-12H2. The van der Waals surface area contributed by atoms with Gasteiger partial charge in [0, 0.05) is 38.8 Å². The van der Waals surface area contributed by atoms with Crippen molar-refractivity contribution in [3.8, 4) is 0 Å². The summed E-state index contributed by atoms with van der Waals surface area (Å²) in [4.78, 5) is 8.58. The van der Waals surface area contributed by atoms with Gasteiger partial charge in [0.2, 0.25) is 0 Å². The van der Waals surface area contributed by atoms with Crippen molar-refractivity contribution < 1.29 is 0 Å². The molecule has 94 valence electrons. The van der Waals surface area contributed by atoms with E-state index in [-0.39, 0.29) is 0 Å². The average molecular weight is 241 g/mol. The molecule has 18 heavy (non-hydrogen) atoms. The number of hydrogen-bond acceptors (Lipinski definition) is 2. The SMILES string of the molecule is [C-]#[N+]c1ccc(CN2CCN(C3CC3)CC2)cc1. The molecule has 0 spiro atoms. The Morgan fingerprint density at radius 3 is 2.28 bits per heavy atom. The van der Waals surface area contributed by atoms with E-state index in [2.05, 4.69) is 26.8 Å². The fraction of sp³-hybridized carbons (Fsp3) is 0.533. The van der Waals surface area contributed by atoms with E-state index in [0.717, 1.165) is 18.3 Å². The summed E-state index contributed by atoms with van der Waals surface area (Å²) in [5.41, 5.74) is 2.06. The zero-order valence-corrected chi connectivity index (χ0v) is 10.7. The monoisotopic (exact) mass is 241 g/mol. The van der Waals surface area contributed by atoms with Crippen LogP contribution in [0.1, 0.15) is 18.4 Å². The Bertz CT molecular complexity index is 434. The maximum absolute atomic E-state index is 6.94.